The van der Waals surface area contributed by atoms with Crippen molar-refractivity contribution in [2.24, 2.45) is 10.2 Å². The Hall–Kier alpha value is -2.38. The van der Waals surface area contributed by atoms with Crippen LogP contribution in [0.15, 0.2) is 10.2 Å². The largest absolute Gasteiger partial charge is 0.476 e. The van der Waals surface area contributed by atoms with E-state index >= 15 is 0 Å². The van der Waals surface area contributed by atoms with Gasteiger partial charge in [0.05, 0.1) is 0 Å². The third kappa shape index (κ3) is 3.78. The van der Waals surface area contributed by atoms with E-state index in [9.17, 15) is 19.2 Å². The molecule has 0 fully saturated rings. The predicted molar refractivity (Wildman–Crippen MR) is 51.5 cm³/mol. The lowest BCUT2D eigenvalue weighted by Crippen LogP contribution is -2.23. The van der Waals surface area contributed by atoms with Crippen molar-refractivity contribution >= 4 is 34.9 Å². The van der Waals surface area contributed by atoms with E-state index < -0.39 is 34.9 Å². The molecule has 0 aliphatic heterocycles. The van der Waals surface area contributed by atoms with Gasteiger partial charge in [-0.3, -0.25) is 9.59 Å². The molecule has 0 heterocycles. The second-order valence-electron chi connectivity index (χ2n) is 2.62. The molecule has 0 rings (SSSR count). The third-order valence-corrected chi connectivity index (χ3v) is 1.32. The number of hydrogen-bond donors (Lipinski definition) is 2. The average Bonchev–Trinajstić information content (AvgIpc) is 2.09. The van der Waals surface area contributed by atoms with Crippen molar-refractivity contribution in [3.63, 3.8) is 0 Å². The Morgan fingerprint density at radius 1 is 0.750 bits per heavy atom. The van der Waals surface area contributed by atoms with Gasteiger partial charge in [-0.15, -0.1) is 10.2 Å². The van der Waals surface area contributed by atoms with Crippen LogP contribution < -0.4 is 0 Å². The van der Waals surface area contributed by atoms with Gasteiger partial charge in [-0.2, -0.15) is 0 Å². The van der Waals surface area contributed by atoms with Gasteiger partial charge < -0.3 is 10.2 Å². The molecule has 0 unspecified atom stereocenters. The molecule has 0 saturated heterocycles. The van der Waals surface area contributed by atoms with Crippen LogP contribution in [0.25, 0.3) is 0 Å². The summed E-state index contributed by atoms with van der Waals surface area (Å²) in [6, 6.07) is 0. The molecule has 0 spiro atoms. The lowest BCUT2D eigenvalue weighted by molar-refractivity contribution is -0.131. The number of ketones is 2. The Morgan fingerprint density at radius 3 is 1.12 bits per heavy atom. The van der Waals surface area contributed by atoms with Crippen LogP contribution in [0.1, 0.15) is 13.8 Å². The number of carboxylic acid groups (broad SMARTS) is 2. The van der Waals surface area contributed by atoms with Crippen LogP contribution >= 0.6 is 0 Å². The van der Waals surface area contributed by atoms with Crippen LogP contribution in [-0.2, 0) is 19.2 Å². The van der Waals surface area contributed by atoms with Gasteiger partial charge in [0.1, 0.15) is 0 Å². The molecule has 0 amide bonds. The highest BCUT2D eigenvalue weighted by Gasteiger charge is 2.18. The van der Waals surface area contributed by atoms with Crippen molar-refractivity contribution in [1.29, 1.82) is 0 Å². The van der Waals surface area contributed by atoms with Crippen molar-refractivity contribution < 1.29 is 29.4 Å². The van der Waals surface area contributed by atoms with E-state index in [0.717, 1.165) is 13.8 Å². The van der Waals surface area contributed by atoms with Gasteiger partial charge in [0.15, 0.2) is 11.6 Å². The number of carboxylic acids is 2. The van der Waals surface area contributed by atoms with Gasteiger partial charge in [-0.1, -0.05) is 0 Å². The predicted octanol–water partition coefficient (Wildman–Crippen LogP) is -0.869. The molecule has 86 valence electrons. The zero-order valence-electron chi connectivity index (χ0n) is 8.42. The van der Waals surface area contributed by atoms with Gasteiger partial charge in [0.2, 0.25) is 11.4 Å². The summed E-state index contributed by atoms with van der Waals surface area (Å²) in [5.41, 5.74) is -1.89. The molecule has 0 aliphatic rings. The maximum atomic E-state index is 10.7. The summed E-state index contributed by atoms with van der Waals surface area (Å²) >= 11 is 0. The second-order valence-corrected chi connectivity index (χ2v) is 2.62. The molecular weight excluding hydrogens is 220 g/mol. The Labute approximate surface area is 89.3 Å². The van der Waals surface area contributed by atoms with Gasteiger partial charge in [-0.05, 0) is 0 Å². The van der Waals surface area contributed by atoms with Gasteiger partial charge >= 0.3 is 11.9 Å². The standard InChI is InChI=1S/C8H8N2O6/c1-3(11)5(7(13)14)9-10-6(4(2)12)8(15)16/h1-2H3,(H,13,14)(H,15,16)/b9-5-,10-6+. The van der Waals surface area contributed by atoms with Crippen LogP contribution in [-0.4, -0.2) is 45.1 Å². The number of carbonyl (C=O) groups is 4. The van der Waals surface area contributed by atoms with E-state index in [0.29, 0.717) is 0 Å². The molecule has 0 aliphatic carbocycles. The zero-order chi connectivity index (χ0) is 12.9. The second kappa shape index (κ2) is 5.49. The Balaban J connectivity index is 5.36. The summed E-state index contributed by atoms with van der Waals surface area (Å²) in [5.74, 6) is -5.09. The van der Waals surface area contributed by atoms with Crippen LogP contribution in [0.4, 0.5) is 0 Å². The van der Waals surface area contributed by atoms with E-state index in [1.54, 1.807) is 0 Å². The Bertz CT molecular complexity index is 348. The first-order valence-electron chi connectivity index (χ1n) is 3.91. The minimum Gasteiger partial charge on any atom is -0.476 e. The highest BCUT2D eigenvalue weighted by atomic mass is 16.4. The van der Waals surface area contributed by atoms with Crippen molar-refractivity contribution in [3.05, 3.63) is 0 Å². The molecule has 0 aromatic rings. The molecule has 8 heteroatoms. The molecule has 2 N–H and O–H groups in total. The molecule has 0 radical (unpaired) electrons. The summed E-state index contributed by atoms with van der Waals surface area (Å²) < 4.78 is 0. The monoisotopic (exact) mass is 228 g/mol. The highest BCUT2D eigenvalue weighted by molar-refractivity contribution is 6.65. The summed E-state index contributed by atoms with van der Waals surface area (Å²) in [5, 5.41) is 22.8. The van der Waals surface area contributed by atoms with E-state index in [1.807, 2.05) is 0 Å². The van der Waals surface area contributed by atoms with Crippen molar-refractivity contribution in [1.82, 2.24) is 0 Å². The van der Waals surface area contributed by atoms with Crippen LogP contribution in [0.3, 0.4) is 0 Å². The van der Waals surface area contributed by atoms with E-state index in [-0.39, 0.29) is 0 Å². The van der Waals surface area contributed by atoms with Gasteiger partial charge in [0, 0.05) is 13.8 Å². The minimum atomic E-state index is -1.65. The summed E-state index contributed by atoms with van der Waals surface area (Å²) in [7, 11) is 0. The van der Waals surface area contributed by atoms with Crippen LogP contribution in [0.5, 0.6) is 0 Å². The van der Waals surface area contributed by atoms with Crippen LogP contribution in [0.2, 0.25) is 0 Å². The van der Waals surface area contributed by atoms with E-state index in [4.69, 9.17) is 10.2 Å². The molecular formula is C8H8N2O6. The maximum Gasteiger partial charge on any atom is 0.360 e. The maximum absolute atomic E-state index is 10.7. The smallest absolute Gasteiger partial charge is 0.360 e. The summed E-state index contributed by atoms with van der Waals surface area (Å²) in [6.45, 7) is 1.85. The molecule has 0 bridgehead atoms. The first-order valence-corrected chi connectivity index (χ1v) is 3.91. The van der Waals surface area contributed by atoms with E-state index in [2.05, 4.69) is 10.2 Å². The number of hydrogen-bond acceptors (Lipinski definition) is 6. The SMILES string of the molecule is CC(=O)/C(=N/N=C(\C(C)=O)C(=O)O)C(=O)O. The minimum absolute atomic E-state index is 0.899. The summed E-state index contributed by atoms with van der Waals surface area (Å²) in [4.78, 5) is 42.3. The van der Waals surface area contributed by atoms with Crippen molar-refractivity contribution in [3.8, 4) is 0 Å². The fourth-order valence-corrected chi connectivity index (χ4v) is 0.628. The van der Waals surface area contributed by atoms with Crippen LogP contribution in [0, 0.1) is 0 Å². The number of aliphatic carboxylic acids is 2. The van der Waals surface area contributed by atoms with Crippen molar-refractivity contribution in [2.45, 2.75) is 13.8 Å². The van der Waals surface area contributed by atoms with Crippen molar-refractivity contribution in [2.75, 3.05) is 0 Å². The normalized spacial score (nSPS) is 12.1. The number of nitrogens with zero attached hydrogens (tertiary/aromatic N) is 2. The fourth-order valence-electron chi connectivity index (χ4n) is 0.628. The van der Waals surface area contributed by atoms with Gasteiger partial charge in [0.25, 0.3) is 0 Å². The third-order valence-electron chi connectivity index (χ3n) is 1.32. The summed E-state index contributed by atoms with van der Waals surface area (Å²) in [6.07, 6.45) is 0. The highest BCUT2D eigenvalue weighted by Crippen LogP contribution is 1.89. The Morgan fingerprint density at radius 2 is 1.00 bits per heavy atom. The lowest BCUT2D eigenvalue weighted by atomic mass is 10.3. The number of Topliss-reactive ketones (excluding diaryl/α,β-unsaturated/α-hetero) is 2. The van der Waals surface area contributed by atoms with Gasteiger partial charge in [-0.25, -0.2) is 9.59 Å². The van der Waals surface area contributed by atoms with E-state index in [1.165, 1.54) is 0 Å². The quantitative estimate of drug-likeness (QED) is 0.357. The molecule has 0 atom stereocenters. The first kappa shape index (κ1) is 13.6. The molecule has 0 aromatic heterocycles. The Kier molecular flexibility index (Phi) is 4.67. The topological polar surface area (TPSA) is 133 Å². The molecule has 0 saturated carbocycles. The first-order chi connectivity index (χ1) is 7.27. The zero-order valence-corrected chi connectivity index (χ0v) is 8.42. The molecule has 8 nitrogen and oxygen atoms in total. The molecule has 16 heavy (non-hydrogen) atoms. The number of carbonyl (C=O) groups excluding carboxylic acids is 2. The number of rotatable bonds is 5. The fraction of sp³-hybridized carbons (Fsp3) is 0.250. The lowest BCUT2D eigenvalue weighted by Gasteiger charge is -1.94. The molecule has 0 aromatic carbocycles. The average molecular weight is 228 g/mol.